The molecule has 1 fully saturated rings. The molecule has 0 amide bonds. The molecule has 68 valence electrons. The summed E-state index contributed by atoms with van der Waals surface area (Å²) >= 11 is 3.37. The first kappa shape index (κ1) is 8.75. The third-order valence-electron chi connectivity index (χ3n) is 2.08. The zero-order valence-electron chi connectivity index (χ0n) is 7.26. The molecule has 0 radical (unpaired) electrons. The van der Waals surface area contributed by atoms with Crippen LogP contribution in [0, 0.1) is 5.92 Å². The van der Waals surface area contributed by atoms with E-state index in [4.69, 9.17) is 0 Å². The highest BCUT2D eigenvalue weighted by molar-refractivity contribution is 9.10. The lowest BCUT2D eigenvalue weighted by molar-refractivity contribution is 1.02. The van der Waals surface area contributed by atoms with E-state index in [-0.39, 0.29) is 0 Å². The number of aromatic nitrogens is 1. The van der Waals surface area contributed by atoms with Gasteiger partial charge in [-0.1, -0.05) is 6.58 Å². The quantitative estimate of drug-likeness (QED) is 0.876. The number of halogens is 1. The Labute approximate surface area is 86.2 Å². The molecule has 2 nitrogen and oxygen atoms in total. The number of hydrogen-bond acceptors (Lipinski definition) is 2. The predicted molar refractivity (Wildman–Crippen MR) is 57.4 cm³/mol. The molecule has 1 N–H and O–H groups in total. The number of nitrogens with zero attached hydrogens (tertiary/aromatic N) is 1. The van der Waals surface area contributed by atoms with Gasteiger partial charge in [0.2, 0.25) is 0 Å². The van der Waals surface area contributed by atoms with Gasteiger partial charge in [0.15, 0.2) is 0 Å². The van der Waals surface area contributed by atoms with Gasteiger partial charge in [-0.3, -0.25) is 4.98 Å². The summed E-state index contributed by atoms with van der Waals surface area (Å²) in [7, 11) is 0. The summed E-state index contributed by atoms with van der Waals surface area (Å²) in [4.78, 5) is 4.07. The van der Waals surface area contributed by atoms with Crippen LogP contribution in [0.5, 0.6) is 0 Å². The Morgan fingerprint density at radius 2 is 2.31 bits per heavy atom. The second-order valence-electron chi connectivity index (χ2n) is 3.32. The average molecular weight is 239 g/mol. The Morgan fingerprint density at radius 3 is 2.92 bits per heavy atom. The number of anilines is 1. The SMILES string of the molecule is C=C(Nc1cncc(Br)c1)C1CC1. The van der Waals surface area contributed by atoms with E-state index in [2.05, 4.69) is 32.8 Å². The summed E-state index contributed by atoms with van der Waals surface area (Å²) < 4.78 is 0.987. The van der Waals surface area contributed by atoms with Crippen molar-refractivity contribution in [3.05, 3.63) is 35.2 Å². The van der Waals surface area contributed by atoms with Crippen LogP contribution in [-0.2, 0) is 0 Å². The average Bonchev–Trinajstić information content (AvgIpc) is 2.85. The number of hydrogen-bond donors (Lipinski definition) is 1. The van der Waals surface area contributed by atoms with Crippen LogP contribution in [0.3, 0.4) is 0 Å². The summed E-state index contributed by atoms with van der Waals surface area (Å²) in [6.45, 7) is 3.99. The van der Waals surface area contributed by atoms with Gasteiger partial charge in [-0.25, -0.2) is 0 Å². The zero-order valence-corrected chi connectivity index (χ0v) is 8.84. The minimum Gasteiger partial charge on any atom is -0.358 e. The fraction of sp³-hybridized carbons (Fsp3) is 0.300. The fourth-order valence-electron chi connectivity index (χ4n) is 1.20. The lowest BCUT2D eigenvalue weighted by Crippen LogP contribution is -1.99. The molecule has 0 aliphatic heterocycles. The third-order valence-corrected chi connectivity index (χ3v) is 2.51. The van der Waals surface area contributed by atoms with Crippen molar-refractivity contribution in [2.75, 3.05) is 5.32 Å². The monoisotopic (exact) mass is 238 g/mol. The van der Waals surface area contributed by atoms with E-state index in [0.717, 1.165) is 15.9 Å². The molecule has 1 aliphatic carbocycles. The first-order chi connectivity index (χ1) is 6.25. The standard InChI is InChI=1S/C10H11BrN2/c1-7(8-2-3-8)13-10-4-9(11)5-12-6-10/h4-6,8,13H,1-3H2. The molecule has 2 rings (SSSR count). The van der Waals surface area contributed by atoms with E-state index < -0.39 is 0 Å². The Morgan fingerprint density at radius 1 is 1.54 bits per heavy atom. The molecular formula is C10H11BrN2. The molecule has 3 heteroatoms. The molecule has 1 aromatic heterocycles. The summed E-state index contributed by atoms with van der Waals surface area (Å²) in [5.41, 5.74) is 2.12. The molecule has 0 bridgehead atoms. The van der Waals surface area contributed by atoms with Gasteiger partial charge in [0, 0.05) is 16.4 Å². The van der Waals surface area contributed by atoms with Crippen LogP contribution in [0.4, 0.5) is 5.69 Å². The predicted octanol–water partition coefficient (Wildman–Crippen LogP) is 3.18. The molecule has 0 aromatic carbocycles. The van der Waals surface area contributed by atoms with Crippen LogP contribution >= 0.6 is 15.9 Å². The molecular weight excluding hydrogens is 228 g/mol. The van der Waals surface area contributed by atoms with Crippen LogP contribution in [-0.4, -0.2) is 4.98 Å². The maximum atomic E-state index is 4.07. The van der Waals surface area contributed by atoms with Gasteiger partial charge in [-0.05, 0) is 40.8 Å². The van der Waals surface area contributed by atoms with Crippen molar-refractivity contribution in [1.82, 2.24) is 4.98 Å². The highest BCUT2D eigenvalue weighted by atomic mass is 79.9. The highest BCUT2D eigenvalue weighted by Crippen LogP contribution is 2.35. The Bertz CT molecular complexity index is 331. The number of pyridine rings is 1. The molecule has 1 aromatic rings. The molecule has 0 unspecified atom stereocenters. The lowest BCUT2D eigenvalue weighted by Gasteiger charge is -2.07. The minimum absolute atomic E-state index is 0.680. The summed E-state index contributed by atoms with van der Waals surface area (Å²) in [5.74, 6) is 0.680. The van der Waals surface area contributed by atoms with Crippen molar-refractivity contribution in [3.63, 3.8) is 0 Å². The number of nitrogens with one attached hydrogen (secondary N) is 1. The Kier molecular flexibility index (Phi) is 2.36. The van der Waals surface area contributed by atoms with Crippen LogP contribution in [0.1, 0.15) is 12.8 Å². The molecule has 13 heavy (non-hydrogen) atoms. The van der Waals surface area contributed by atoms with Crippen LogP contribution < -0.4 is 5.32 Å². The van der Waals surface area contributed by atoms with Crippen molar-refractivity contribution < 1.29 is 0 Å². The van der Waals surface area contributed by atoms with E-state index in [0.29, 0.717) is 5.92 Å². The molecule has 0 atom stereocenters. The normalized spacial score (nSPS) is 15.5. The summed E-state index contributed by atoms with van der Waals surface area (Å²) in [6, 6.07) is 2.00. The molecule has 1 saturated carbocycles. The van der Waals surface area contributed by atoms with Crippen LogP contribution in [0.25, 0.3) is 0 Å². The van der Waals surface area contributed by atoms with E-state index in [1.54, 1.807) is 12.4 Å². The minimum atomic E-state index is 0.680. The van der Waals surface area contributed by atoms with Gasteiger partial charge < -0.3 is 5.32 Å². The van der Waals surface area contributed by atoms with Crippen LogP contribution in [0.2, 0.25) is 0 Å². The molecule has 0 saturated heterocycles. The molecule has 1 aliphatic rings. The van der Waals surface area contributed by atoms with E-state index in [1.807, 2.05) is 6.07 Å². The third kappa shape index (κ3) is 2.31. The molecule has 1 heterocycles. The largest absolute Gasteiger partial charge is 0.358 e. The Hall–Kier alpha value is -0.830. The first-order valence-corrected chi connectivity index (χ1v) is 5.11. The second-order valence-corrected chi connectivity index (χ2v) is 4.23. The maximum absolute atomic E-state index is 4.07. The number of rotatable bonds is 3. The fourth-order valence-corrected chi connectivity index (χ4v) is 1.56. The summed E-state index contributed by atoms with van der Waals surface area (Å²) in [6.07, 6.45) is 6.11. The van der Waals surface area contributed by atoms with Gasteiger partial charge in [-0.15, -0.1) is 0 Å². The highest BCUT2D eigenvalue weighted by Gasteiger charge is 2.24. The van der Waals surface area contributed by atoms with Gasteiger partial charge >= 0.3 is 0 Å². The molecule has 0 spiro atoms. The van der Waals surface area contributed by atoms with Gasteiger partial charge in [0.1, 0.15) is 0 Å². The van der Waals surface area contributed by atoms with Crippen molar-refractivity contribution in [2.45, 2.75) is 12.8 Å². The maximum Gasteiger partial charge on any atom is 0.0579 e. The van der Waals surface area contributed by atoms with Gasteiger partial charge in [0.25, 0.3) is 0 Å². The van der Waals surface area contributed by atoms with Crippen molar-refractivity contribution >= 4 is 21.6 Å². The Balaban J connectivity index is 2.04. The van der Waals surface area contributed by atoms with E-state index in [1.165, 1.54) is 12.8 Å². The van der Waals surface area contributed by atoms with Crippen molar-refractivity contribution in [1.29, 1.82) is 0 Å². The second kappa shape index (κ2) is 3.50. The van der Waals surface area contributed by atoms with Gasteiger partial charge in [0.05, 0.1) is 11.9 Å². The van der Waals surface area contributed by atoms with Crippen molar-refractivity contribution in [2.24, 2.45) is 5.92 Å². The van der Waals surface area contributed by atoms with Crippen molar-refractivity contribution in [3.8, 4) is 0 Å². The van der Waals surface area contributed by atoms with Gasteiger partial charge in [-0.2, -0.15) is 0 Å². The summed E-state index contributed by atoms with van der Waals surface area (Å²) in [5, 5.41) is 3.26. The zero-order chi connectivity index (χ0) is 9.26. The lowest BCUT2D eigenvalue weighted by atomic mass is 10.3. The van der Waals surface area contributed by atoms with E-state index >= 15 is 0 Å². The topological polar surface area (TPSA) is 24.9 Å². The first-order valence-electron chi connectivity index (χ1n) is 4.32. The smallest absolute Gasteiger partial charge is 0.0579 e. The van der Waals surface area contributed by atoms with E-state index in [9.17, 15) is 0 Å². The number of allylic oxidation sites excluding steroid dienone is 1. The van der Waals surface area contributed by atoms with Crippen LogP contribution in [0.15, 0.2) is 35.2 Å².